The van der Waals surface area contributed by atoms with Crippen LogP contribution < -0.4 is 10.2 Å². The summed E-state index contributed by atoms with van der Waals surface area (Å²) >= 11 is 0. The highest BCUT2D eigenvalue weighted by atomic mass is 16.3. The first-order valence-corrected chi connectivity index (χ1v) is 8.23. The van der Waals surface area contributed by atoms with Crippen LogP contribution in [0.3, 0.4) is 0 Å². The summed E-state index contributed by atoms with van der Waals surface area (Å²) in [5.41, 5.74) is 1.82. The Morgan fingerprint density at radius 3 is 2.75 bits per heavy atom. The topological polar surface area (TPSA) is 65.7 Å². The molecule has 1 aromatic carbocycles. The molecule has 0 spiro atoms. The van der Waals surface area contributed by atoms with Crippen molar-refractivity contribution in [1.29, 1.82) is 0 Å². The number of aliphatic hydroxyl groups excluding tert-OH is 1. The van der Waals surface area contributed by atoms with Crippen molar-refractivity contribution in [2.75, 3.05) is 29.9 Å². The van der Waals surface area contributed by atoms with Gasteiger partial charge < -0.3 is 19.7 Å². The molecule has 1 saturated heterocycles. The molecule has 1 aromatic heterocycles. The lowest BCUT2D eigenvalue weighted by Gasteiger charge is -2.34. The summed E-state index contributed by atoms with van der Waals surface area (Å²) < 4.78 is 5.18. The van der Waals surface area contributed by atoms with E-state index in [1.54, 1.807) is 24.5 Å². The standard InChI is InChI=1S/C19H22N2O3/c22-14-15-9-11-21(12-10-15)18-6-2-1-5-17(18)20-19(23)8-7-16-4-3-13-24-16/h1-8,13,15,22H,9-12,14H2,(H,20,23)/b8-7+. The number of carbonyl (C=O) groups is 1. The fourth-order valence-corrected chi connectivity index (χ4v) is 2.93. The summed E-state index contributed by atoms with van der Waals surface area (Å²) in [5.74, 6) is 0.841. The minimum Gasteiger partial charge on any atom is -0.465 e. The fourth-order valence-electron chi connectivity index (χ4n) is 2.93. The number of para-hydroxylation sites is 2. The lowest BCUT2D eigenvalue weighted by atomic mass is 9.97. The SMILES string of the molecule is O=C(/C=C/c1ccco1)Nc1ccccc1N1CCC(CO)CC1. The van der Waals surface area contributed by atoms with E-state index in [4.69, 9.17) is 4.42 Å². The minimum absolute atomic E-state index is 0.191. The van der Waals surface area contributed by atoms with Crippen molar-refractivity contribution >= 4 is 23.4 Å². The third kappa shape index (κ3) is 4.06. The van der Waals surface area contributed by atoms with E-state index < -0.39 is 0 Å². The summed E-state index contributed by atoms with van der Waals surface area (Å²) in [7, 11) is 0. The molecule has 0 saturated carbocycles. The zero-order valence-electron chi connectivity index (χ0n) is 13.5. The number of benzene rings is 1. The molecular formula is C19H22N2O3. The summed E-state index contributed by atoms with van der Waals surface area (Å²) in [6, 6.07) is 11.4. The number of nitrogens with one attached hydrogen (secondary N) is 1. The van der Waals surface area contributed by atoms with E-state index in [2.05, 4.69) is 10.2 Å². The summed E-state index contributed by atoms with van der Waals surface area (Å²) in [6.45, 7) is 2.03. The van der Waals surface area contributed by atoms with Crippen LogP contribution in [0.15, 0.2) is 53.2 Å². The predicted molar refractivity (Wildman–Crippen MR) is 94.8 cm³/mol. The number of amides is 1. The van der Waals surface area contributed by atoms with Gasteiger partial charge in [-0.3, -0.25) is 4.79 Å². The Morgan fingerprint density at radius 1 is 1.25 bits per heavy atom. The van der Waals surface area contributed by atoms with Crippen molar-refractivity contribution in [2.24, 2.45) is 5.92 Å². The van der Waals surface area contributed by atoms with Crippen LogP contribution in [0, 0.1) is 5.92 Å². The maximum atomic E-state index is 12.1. The Labute approximate surface area is 141 Å². The summed E-state index contributed by atoms with van der Waals surface area (Å²) in [4.78, 5) is 14.4. The molecule has 24 heavy (non-hydrogen) atoms. The lowest BCUT2D eigenvalue weighted by molar-refractivity contribution is -0.111. The van der Waals surface area contributed by atoms with Gasteiger partial charge in [-0.15, -0.1) is 0 Å². The van der Waals surface area contributed by atoms with Crippen LogP contribution in [0.5, 0.6) is 0 Å². The third-order valence-electron chi connectivity index (χ3n) is 4.32. The molecule has 5 nitrogen and oxygen atoms in total. The van der Waals surface area contributed by atoms with Crippen LogP contribution in [-0.2, 0) is 4.79 Å². The van der Waals surface area contributed by atoms with Crippen LogP contribution in [0.4, 0.5) is 11.4 Å². The number of anilines is 2. The molecule has 0 radical (unpaired) electrons. The van der Waals surface area contributed by atoms with Crippen LogP contribution in [0.25, 0.3) is 6.08 Å². The Kier molecular flexibility index (Phi) is 5.33. The first-order valence-electron chi connectivity index (χ1n) is 8.23. The Bertz CT molecular complexity index is 686. The van der Waals surface area contributed by atoms with Gasteiger partial charge in [0.25, 0.3) is 0 Å². The van der Waals surface area contributed by atoms with E-state index in [1.165, 1.54) is 6.08 Å². The molecule has 2 aromatic rings. The van der Waals surface area contributed by atoms with Crippen molar-refractivity contribution in [2.45, 2.75) is 12.8 Å². The van der Waals surface area contributed by atoms with E-state index in [-0.39, 0.29) is 12.5 Å². The molecule has 2 heterocycles. The van der Waals surface area contributed by atoms with Crippen LogP contribution in [0.1, 0.15) is 18.6 Å². The molecule has 126 valence electrons. The summed E-state index contributed by atoms with van der Waals surface area (Å²) in [6.07, 6.45) is 6.62. The van der Waals surface area contributed by atoms with Gasteiger partial charge in [-0.25, -0.2) is 0 Å². The van der Waals surface area contributed by atoms with Crippen LogP contribution in [-0.4, -0.2) is 30.7 Å². The van der Waals surface area contributed by atoms with E-state index in [0.29, 0.717) is 11.7 Å². The molecular weight excluding hydrogens is 304 g/mol. The van der Waals surface area contributed by atoms with E-state index in [9.17, 15) is 9.90 Å². The molecule has 5 heteroatoms. The first-order chi connectivity index (χ1) is 11.8. The van der Waals surface area contributed by atoms with Crippen molar-refractivity contribution in [3.05, 3.63) is 54.5 Å². The molecule has 0 aliphatic carbocycles. The quantitative estimate of drug-likeness (QED) is 0.829. The fraction of sp³-hybridized carbons (Fsp3) is 0.316. The predicted octanol–water partition coefficient (Wildman–Crippen LogP) is 3.14. The minimum atomic E-state index is -0.191. The van der Waals surface area contributed by atoms with Gasteiger partial charge in [0.05, 0.1) is 17.6 Å². The molecule has 1 amide bonds. The third-order valence-corrected chi connectivity index (χ3v) is 4.32. The van der Waals surface area contributed by atoms with E-state index >= 15 is 0 Å². The Morgan fingerprint density at radius 2 is 2.04 bits per heavy atom. The number of hydrogen-bond acceptors (Lipinski definition) is 4. The molecule has 0 unspecified atom stereocenters. The summed E-state index contributed by atoms with van der Waals surface area (Å²) in [5, 5.41) is 12.2. The Balaban J connectivity index is 1.67. The zero-order chi connectivity index (χ0) is 16.8. The molecule has 3 rings (SSSR count). The second kappa shape index (κ2) is 7.84. The second-order valence-electron chi connectivity index (χ2n) is 5.97. The van der Waals surface area contributed by atoms with Gasteiger partial charge in [0.2, 0.25) is 5.91 Å². The van der Waals surface area contributed by atoms with Gasteiger partial charge in [-0.1, -0.05) is 12.1 Å². The van der Waals surface area contributed by atoms with Crippen molar-refractivity contribution < 1.29 is 14.3 Å². The van der Waals surface area contributed by atoms with Crippen LogP contribution in [0.2, 0.25) is 0 Å². The average Bonchev–Trinajstić information content (AvgIpc) is 3.14. The number of carbonyl (C=O) groups excluding carboxylic acids is 1. The van der Waals surface area contributed by atoms with E-state index in [1.807, 2.05) is 24.3 Å². The largest absolute Gasteiger partial charge is 0.465 e. The Hall–Kier alpha value is -2.53. The highest BCUT2D eigenvalue weighted by Crippen LogP contribution is 2.29. The van der Waals surface area contributed by atoms with Crippen molar-refractivity contribution in [3.8, 4) is 0 Å². The van der Waals surface area contributed by atoms with Crippen LogP contribution >= 0.6 is 0 Å². The van der Waals surface area contributed by atoms with Gasteiger partial charge in [-0.2, -0.15) is 0 Å². The maximum absolute atomic E-state index is 12.1. The number of rotatable bonds is 5. The molecule has 0 atom stereocenters. The normalized spacial score (nSPS) is 15.8. The molecule has 1 fully saturated rings. The highest BCUT2D eigenvalue weighted by molar-refractivity contribution is 6.03. The molecule has 1 aliphatic heterocycles. The first kappa shape index (κ1) is 16.3. The number of aliphatic hydroxyl groups is 1. The molecule has 2 N–H and O–H groups in total. The van der Waals surface area contributed by atoms with Crippen molar-refractivity contribution in [1.82, 2.24) is 0 Å². The smallest absolute Gasteiger partial charge is 0.248 e. The molecule has 1 aliphatic rings. The maximum Gasteiger partial charge on any atom is 0.248 e. The number of nitrogens with zero attached hydrogens (tertiary/aromatic N) is 1. The average molecular weight is 326 g/mol. The number of furan rings is 1. The zero-order valence-corrected chi connectivity index (χ0v) is 13.5. The van der Waals surface area contributed by atoms with Gasteiger partial charge in [0.15, 0.2) is 0 Å². The number of piperidine rings is 1. The second-order valence-corrected chi connectivity index (χ2v) is 5.97. The van der Waals surface area contributed by atoms with Gasteiger partial charge in [-0.05, 0) is 49.1 Å². The highest BCUT2D eigenvalue weighted by Gasteiger charge is 2.20. The van der Waals surface area contributed by atoms with Gasteiger partial charge >= 0.3 is 0 Å². The monoisotopic (exact) mass is 326 g/mol. The lowest BCUT2D eigenvalue weighted by Crippen LogP contribution is -2.35. The number of hydrogen-bond donors (Lipinski definition) is 2. The molecule has 0 bridgehead atoms. The van der Waals surface area contributed by atoms with Gasteiger partial charge in [0, 0.05) is 25.8 Å². The van der Waals surface area contributed by atoms with Crippen molar-refractivity contribution in [3.63, 3.8) is 0 Å². The van der Waals surface area contributed by atoms with E-state index in [0.717, 1.165) is 37.3 Å². The van der Waals surface area contributed by atoms with Gasteiger partial charge in [0.1, 0.15) is 5.76 Å².